The number of nitrogens with zero attached hydrogens (tertiary/aromatic N) is 2. The molecule has 46 heavy (non-hydrogen) atoms. The Kier molecular flexibility index (Phi) is 9.72. The number of allylic oxidation sites excluding steroid dienone is 1. The smallest absolute Gasteiger partial charge is 0.303 e. The van der Waals surface area contributed by atoms with E-state index < -0.39 is 30.4 Å². The minimum atomic E-state index is -0.620. The van der Waals surface area contributed by atoms with Gasteiger partial charge in [-0.1, -0.05) is 36.7 Å². The fourth-order valence-corrected chi connectivity index (χ4v) is 9.71. The molecule has 3 fully saturated rings. The first-order valence-corrected chi connectivity index (χ1v) is 17.1. The van der Waals surface area contributed by atoms with E-state index in [-0.39, 0.29) is 23.5 Å². The van der Waals surface area contributed by atoms with Gasteiger partial charge >= 0.3 is 11.9 Å². The van der Waals surface area contributed by atoms with Crippen molar-refractivity contribution >= 4 is 17.7 Å². The van der Waals surface area contributed by atoms with Crippen LogP contribution < -0.4 is 0 Å². The molecule has 6 rings (SSSR count). The Balaban J connectivity index is 1.08. The molecule has 9 heteroatoms. The van der Waals surface area contributed by atoms with Crippen LogP contribution in [-0.4, -0.2) is 53.8 Å². The standard InChI is InChI=1S/C37H50N2O7/c1-23(39-43-21-26-7-6-18-38-20-26)30-10-11-31-29-9-8-27-19-28(14-16-36(27,4)32(29)15-17-37(30,31)5)45-35-13-12-33(44-25(3)41)34(46-35)22-42-24(2)40/h6-8,12-13,18,20,28-35H,9-11,14-17,19,21-22H2,1-5H3/b39-23+/t28?,29?,30-,31?,32?,33+,34-,35?,36+,37-/m1/s1. The number of rotatable bonds is 9. The molecule has 9 nitrogen and oxygen atoms in total. The van der Waals surface area contributed by atoms with Crippen molar-refractivity contribution in [2.24, 2.45) is 39.7 Å². The molecule has 1 aromatic rings. The number of ether oxygens (including phenoxy) is 4. The van der Waals surface area contributed by atoms with E-state index in [0.717, 1.165) is 37.0 Å². The van der Waals surface area contributed by atoms with Crippen LogP contribution in [0.5, 0.6) is 0 Å². The van der Waals surface area contributed by atoms with Gasteiger partial charge < -0.3 is 23.8 Å². The minimum absolute atomic E-state index is 0.000807. The Hall–Kier alpha value is -3.04. The van der Waals surface area contributed by atoms with E-state index >= 15 is 0 Å². The normalized spacial score (nSPS) is 38.5. The fraction of sp³-hybridized carbons (Fsp3) is 0.676. The van der Waals surface area contributed by atoms with Gasteiger partial charge in [-0.3, -0.25) is 14.6 Å². The van der Waals surface area contributed by atoms with E-state index in [0.29, 0.717) is 30.3 Å². The van der Waals surface area contributed by atoms with Gasteiger partial charge in [0.25, 0.3) is 0 Å². The molecule has 250 valence electrons. The van der Waals surface area contributed by atoms with Crippen LogP contribution in [-0.2, 0) is 40.0 Å². The molecule has 1 aromatic heterocycles. The highest BCUT2D eigenvalue weighted by Gasteiger charge is 2.59. The van der Waals surface area contributed by atoms with Crippen LogP contribution in [0.2, 0.25) is 0 Å². The predicted octanol–water partition coefficient (Wildman–Crippen LogP) is 6.71. The number of hydrogen-bond acceptors (Lipinski definition) is 9. The lowest BCUT2D eigenvalue weighted by atomic mass is 9.47. The summed E-state index contributed by atoms with van der Waals surface area (Å²) in [6.07, 6.45) is 17.0. The minimum Gasteiger partial charge on any atom is -0.463 e. The van der Waals surface area contributed by atoms with E-state index in [4.69, 9.17) is 23.8 Å². The van der Waals surface area contributed by atoms with Crippen molar-refractivity contribution in [3.05, 3.63) is 53.9 Å². The van der Waals surface area contributed by atoms with E-state index in [2.05, 4.69) is 37.0 Å². The summed E-state index contributed by atoms with van der Waals surface area (Å²) >= 11 is 0. The fourth-order valence-electron chi connectivity index (χ4n) is 9.71. The highest BCUT2D eigenvalue weighted by atomic mass is 16.7. The number of pyridine rings is 1. The van der Waals surface area contributed by atoms with Gasteiger partial charge in [0.2, 0.25) is 0 Å². The molecule has 0 amide bonds. The number of oxime groups is 1. The van der Waals surface area contributed by atoms with Crippen molar-refractivity contribution in [2.45, 2.75) is 117 Å². The van der Waals surface area contributed by atoms with Crippen molar-refractivity contribution < 1.29 is 33.4 Å². The first-order valence-electron chi connectivity index (χ1n) is 17.1. The number of aromatic nitrogens is 1. The Labute approximate surface area is 273 Å². The largest absolute Gasteiger partial charge is 0.463 e. The van der Waals surface area contributed by atoms with Crippen molar-refractivity contribution in [2.75, 3.05) is 6.61 Å². The Morgan fingerprint density at radius 3 is 2.65 bits per heavy atom. The topological polar surface area (TPSA) is 106 Å². The van der Waals surface area contributed by atoms with Gasteiger partial charge in [-0.2, -0.15) is 0 Å². The molecule has 0 bridgehead atoms. The van der Waals surface area contributed by atoms with E-state index in [9.17, 15) is 9.59 Å². The van der Waals surface area contributed by atoms with Crippen molar-refractivity contribution in [1.82, 2.24) is 4.98 Å². The van der Waals surface area contributed by atoms with Crippen LogP contribution >= 0.6 is 0 Å². The lowest BCUT2D eigenvalue weighted by molar-refractivity contribution is -0.213. The molecule has 5 aliphatic rings. The van der Waals surface area contributed by atoms with Crippen molar-refractivity contribution in [3.63, 3.8) is 0 Å². The lowest BCUT2D eigenvalue weighted by Crippen LogP contribution is -2.51. The molecule has 0 N–H and O–H groups in total. The maximum absolute atomic E-state index is 11.6. The zero-order chi connectivity index (χ0) is 32.5. The summed E-state index contributed by atoms with van der Waals surface area (Å²) in [4.78, 5) is 33.0. The van der Waals surface area contributed by atoms with Gasteiger partial charge in [-0.05, 0) is 105 Å². The van der Waals surface area contributed by atoms with Crippen molar-refractivity contribution in [1.29, 1.82) is 0 Å². The first kappa shape index (κ1) is 32.9. The molecule has 4 aliphatic carbocycles. The average molecular weight is 635 g/mol. The lowest BCUT2D eigenvalue weighted by Gasteiger charge is -2.58. The van der Waals surface area contributed by atoms with Crippen LogP contribution in [0.3, 0.4) is 0 Å². The van der Waals surface area contributed by atoms with E-state index in [1.54, 1.807) is 17.8 Å². The Morgan fingerprint density at radius 2 is 1.89 bits per heavy atom. The summed E-state index contributed by atoms with van der Waals surface area (Å²) in [6.45, 7) is 10.4. The molecule has 2 heterocycles. The van der Waals surface area contributed by atoms with Gasteiger partial charge in [-0.25, -0.2) is 0 Å². The van der Waals surface area contributed by atoms with Gasteiger partial charge in [-0.15, -0.1) is 0 Å². The van der Waals surface area contributed by atoms with Crippen LogP contribution in [0.1, 0.15) is 91.5 Å². The highest BCUT2D eigenvalue weighted by Crippen LogP contribution is 2.66. The second kappa shape index (κ2) is 13.6. The monoisotopic (exact) mass is 634 g/mol. The maximum Gasteiger partial charge on any atom is 0.303 e. The third-order valence-electron chi connectivity index (χ3n) is 11.9. The highest BCUT2D eigenvalue weighted by molar-refractivity contribution is 5.85. The number of fused-ring (bicyclic) bond motifs is 5. The van der Waals surface area contributed by atoms with Crippen LogP contribution in [0.25, 0.3) is 0 Å². The quantitative estimate of drug-likeness (QED) is 0.128. The molecule has 0 spiro atoms. The average Bonchev–Trinajstić information content (AvgIpc) is 3.39. The summed E-state index contributed by atoms with van der Waals surface area (Å²) in [5.41, 5.74) is 4.16. The second-order valence-corrected chi connectivity index (χ2v) is 14.6. The van der Waals surface area contributed by atoms with Gasteiger partial charge in [0.15, 0.2) is 6.29 Å². The molecule has 0 radical (unpaired) electrons. The third-order valence-corrected chi connectivity index (χ3v) is 11.9. The number of carbonyl (C=O) groups excluding carboxylic acids is 2. The summed E-state index contributed by atoms with van der Waals surface area (Å²) < 4.78 is 23.2. The summed E-state index contributed by atoms with van der Waals surface area (Å²) in [7, 11) is 0. The molecular weight excluding hydrogens is 584 g/mol. The van der Waals surface area contributed by atoms with Gasteiger partial charge in [0, 0.05) is 37.7 Å². The molecule has 5 unspecified atom stereocenters. The SMILES string of the molecule is CC(=O)OC[C@H]1OC(OC2CC[C@@]3(C)C(=CCC4C3CC[C@@]3(C)C4CC[C@@H]3/C(C)=N/OCc3cccnc3)C2)C=C[C@@H]1OC(C)=O. The van der Waals surface area contributed by atoms with Gasteiger partial charge in [0.05, 0.1) is 11.8 Å². The molecule has 1 aliphatic heterocycles. The molecule has 10 atom stereocenters. The van der Waals surface area contributed by atoms with E-state index in [1.165, 1.54) is 39.5 Å². The molecule has 3 saturated carbocycles. The second-order valence-electron chi connectivity index (χ2n) is 14.6. The molecule has 0 aromatic carbocycles. The summed E-state index contributed by atoms with van der Waals surface area (Å²) in [6, 6.07) is 3.94. The summed E-state index contributed by atoms with van der Waals surface area (Å²) in [5.74, 6) is 1.73. The van der Waals surface area contributed by atoms with E-state index in [1.807, 2.05) is 24.4 Å². The zero-order valence-electron chi connectivity index (χ0n) is 28.0. The predicted molar refractivity (Wildman–Crippen MR) is 172 cm³/mol. The van der Waals surface area contributed by atoms with Gasteiger partial charge in [0.1, 0.15) is 25.4 Å². The summed E-state index contributed by atoms with van der Waals surface area (Å²) in [5, 5.41) is 4.62. The Morgan fingerprint density at radius 1 is 1.04 bits per heavy atom. The van der Waals surface area contributed by atoms with Crippen molar-refractivity contribution in [3.8, 4) is 0 Å². The zero-order valence-corrected chi connectivity index (χ0v) is 28.0. The molecule has 0 saturated heterocycles. The van der Waals surface area contributed by atoms with Crippen LogP contribution in [0.15, 0.2) is 53.5 Å². The first-order chi connectivity index (χ1) is 22.1. The maximum atomic E-state index is 11.6. The number of esters is 2. The van der Waals surface area contributed by atoms with Crippen LogP contribution in [0.4, 0.5) is 0 Å². The number of carbonyl (C=O) groups is 2. The number of hydrogen-bond donors (Lipinski definition) is 0. The van der Waals surface area contributed by atoms with Crippen LogP contribution in [0, 0.1) is 34.5 Å². The third kappa shape index (κ3) is 6.68. The molecular formula is C37H50N2O7. The Bertz CT molecular complexity index is 1360.